The third-order valence-corrected chi connectivity index (χ3v) is 30.3. The molecule has 57 heteroatoms. The normalized spacial score (nSPS) is 41.5. The lowest BCUT2D eigenvalue weighted by Gasteiger charge is -2.51. The molecule has 0 amide bonds. The molecule has 742 valence electrons. The molecule has 0 aromatic carbocycles. The minimum absolute atomic E-state index is 0.166. The number of rotatable bonds is 40. The Bertz CT molecular complexity index is 3450. The van der Waals surface area contributed by atoms with E-state index in [0.29, 0.717) is 0 Å². The number of thioether (sulfide) groups is 7. The molecule has 41 atom stereocenters. The van der Waals surface area contributed by atoms with Crippen LogP contribution < -0.4 is 0 Å². The fourth-order valence-corrected chi connectivity index (χ4v) is 22.9. The number of aliphatic hydroxyl groups excluding tert-OH is 16. The molecule has 49 nitrogen and oxygen atoms in total. The van der Waals surface area contributed by atoms with Crippen LogP contribution in [0.5, 0.6) is 0 Å². The van der Waals surface area contributed by atoms with Crippen LogP contribution in [0, 0.1) is 0 Å². The molecule has 0 spiro atoms. The van der Waals surface area contributed by atoms with E-state index in [0.717, 1.165) is 82.3 Å². The highest BCUT2D eigenvalue weighted by molar-refractivity contribution is 8.00. The molecule has 0 saturated carbocycles. The zero-order valence-corrected chi connectivity index (χ0v) is 74.8. The molecule has 0 aliphatic carbocycles. The van der Waals surface area contributed by atoms with E-state index >= 15 is 0 Å². The van der Waals surface area contributed by atoms with E-state index < -0.39 is 402 Å². The molecule has 0 aromatic heterocycles. The summed E-state index contributed by atoms with van der Waals surface area (Å²) >= 11 is 6.02. The van der Waals surface area contributed by atoms with Crippen molar-refractivity contribution in [2.45, 2.75) is 297 Å². The van der Waals surface area contributed by atoms with E-state index in [1.807, 2.05) is 0 Å². The topological polar surface area (TPSA) is 787 Å². The molecule has 3 unspecified atom stereocenters. The number of aliphatic hydroxyl groups is 16. The van der Waals surface area contributed by atoms with Gasteiger partial charge in [-0.25, -0.2) is 0 Å². The second-order valence-electron chi connectivity index (χ2n) is 31.0. The number of carboxylic acid groups (broad SMARTS) is 8. The lowest BCUT2D eigenvalue weighted by Crippen LogP contribution is -2.69. The molecular formula is C72H112O49S8. The molecule has 0 radical (unpaired) electrons. The van der Waals surface area contributed by atoms with Crippen LogP contribution >= 0.6 is 82.3 Å². The monoisotopic (exact) mass is 2020 g/mol. The van der Waals surface area contributed by atoms with Crippen molar-refractivity contribution >= 4 is 141 Å². The van der Waals surface area contributed by atoms with E-state index in [9.17, 15) is 165 Å². The Morgan fingerprint density at radius 1 is 0.194 bits per heavy atom. The molecule has 30 fully saturated rings. The summed E-state index contributed by atoms with van der Waals surface area (Å²) in [5.41, 5.74) is 0. The number of hydrogen-bond donors (Lipinski definition) is 24. The molecular weight excluding hydrogens is 1910 g/mol. The summed E-state index contributed by atoms with van der Waals surface area (Å²) in [4.78, 5) is 94.4. The Labute approximate surface area is 766 Å². The van der Waals surface area contributed by atoms with Gasteiger partial charge in [0.25, 0.3) is 0 Å². The molecule has 30 rings (SSSR count). The molecule has 24 N–H and O–H groups in total. The van der Waals surface area contributed by atoms with Gasteiger partial charge in [-0.3, -0.25) is 42.6 Å². The maximum Gasteiger partial charge on any atom is 0.304 e. The van der Waals surface area contributed by atoms with Gasteiger partial charge >= 0.3 is 47.8 Å². The third-order valence-electron chi connectivity index (χ3n) is 21.5. The molecule has 30 aliphatic heterocycles. The van der Waals surface area contributed by atoms with Crippen molar-refractivity contribution in [3.8, 4) is 0 Å². The Kier molecular flexibility index (Phi) is 44.9. The lowest BCUT2D eigenvalue weighted by atomic mass is 9.95. The summed E-state index contributed by atoms with van der Waals surface area (Å²) in [6, 6.07) is 0. The van der Waals surface area contributed by atoms with Crippen LogP contribution in [-0.4, -0.2) is 512 Å². The molecule has 129 heavy (non-hydrogen) atoms. The molecule has 30 aliphatic rings. The first-order valence-electron chi connectivity index (χ1n) is 40.6. The average molecular weight is 2020 g/mol. The lowest BCUT2D eigenvalue weighted by molar-refractivity contribution is -0.396. The van der Waals surface area contributed by atoms with Gasteiger partial charge < -0.3 is 198 Å². The highest BCUT2D eigenvalue weighted by atomic mass is 32.2. The van der Waals surface area contributed by atoms with Crippen molar-refractivity contribution < 1.29 is 241 Å². The minimum Gasteiger partial charge on any atom is -0.481 e. The van der Waals surface area contributed by atoms with Crippen LogP contribution in [0.3, 0.4) is 0 Å². The summed E-state index contributed by atoms with van der Waals surface area (Å²) < 4.78 is 114. The number of ether oxygens (including phenoxy) is 16. The average Bonchev–Trinajstić information content (AvgIpc) is 0.768. The maximum absolute atomic E-state index is 13.9. The zero-order valence-electron chi connectivity index (χ0n) is 68.3. The highest BCUT2D eigenvalue weighted by Gasteiger charge is 2.61. The number of carbonyl (C=O) groups is 8. The molecule has 30 heterocycles. The zero-order chi connectivity index (χ0) is 94.5. The predicted octanol–water partition coefficient (Wildman–Crippen LogP) is -8.67. The van der Waals surface area contributed by atoms with Crippen molar-refractivity contribution in [2.75, 3.05) is 92.0 Å². The van der Waals surface area contributed by atoms with Crippen molar-refractivity contribution in [1.29, 1.82) is 0 Å². The summed E-state index contributed by atoms with van der Waals surface area (Å²) in [5.74, 6) is -15.9. The van der Waals surface area contributed by atoms with E-state index in [2.05, 4.69) is 0 Å². The fraction of sp³-hybridized carbons (Fsp3) is 0.889. The third kappa shape index (κ3) is 31.0. The van der Waals surface area contributed by atoms with Gasteiger partial charge in [-0.05, 0) is 0 Å². The first-order valence-corrected chi connectivity index (χ1v) is 50.2. The van der Waals surface area contributed by atoms with Gasteiger partial charge in [0.15, 0.2) is 50.3 Å². The number of aliphatic carboxylic acids is 8. The second kappa shape index (κ2) is 52.7. The van der Waals surface area contributed by atoms with Crippen molar-refractivity contribution in [2.24, 2.45) is 0 Å². The first-order chi connectivity index (χ1) is 61.1. The van der Waals surface area contributed by atoms with Gasteiger partial charge in [0, 0.05) is 97.1 Å². The number of carboxylic acids is 8. The second-order valence-corrected chi connectivity index (χ2v) is 40.7. The highest BCUT2D eigenvalue weighted by Crippen LogP contribution is 2.43. The van der Waals surface area contributed by atoms with Crippen molar-refractivity contribution in [3.63, 3.8) is 0 Å². The van der Waals surface area contributed by atoms with Crippen molar-refractivity contribution in [3.05, 3.63) is 0 Å². The Morgan fingerprint density at radius 3 is 0.465 bits per heavy atom. The SMILES string of the molecule is O=C(O)CCSC[C@H]1O[C@@H]2O[C@H]3[C@H](O)[C@@H](O)[C@@H](O[C@H]4[C@H](O)[C@@H](O)[C@@H](O[C@H]5[C@H](O)[C@@H](O)[C@@H](O[C@H]6[C@H](O)[C@@H](O)[C@@H](O[C@H]7[C@H](O)[C@@H](O)[C@@H](O[C@H]8[C@H](O)C(O)[C@@H](O[C@H]9[C@H](O)C(O)[C@@H](O[C@H]1[C@H](O)[C@H]2O)O[C@@H]9CSCCC(=O)O)O[C@@H]8CSCCC(=O)O)O[C@@H]7CS(=O)CCC(=O)O)O[C@@H]6CSCCC(=O)O)O[C@@H]5CSCCC(=O)O)O[C@@H]4CSCCC(=O)O)O[C@@H]3CSCCC(=O)O. The van der Waals surface area contributed by atoms with E-state index in [1.54, 1.807) is 0 Å². The van der Waals surface area contributed by atoms with E-state index in [4.69, 9.17) is 75.8 Å². The maximum atomic E-state index is 13.9. The van der Waals surface area contributed by atoms with E-state index in [-0.39, 0.29) is 46.0 Å². The van der Waals surface area contributed by atoms with Crippen LogP contribution in [0.1, 0.15) is 51.4 Å². The van der Waals surface area contributed by atoms with E-state index in [1.165, 1.54) is 0 Å². The summed E-state index contributed by atoms with van der Waals surface area (Å²) in [5, 5.41) is 272. The number of hydrogen-bond acceptors (Lipinski definition) is 48. The van der Waals surface area contributed by atoms with Crippen LogP contribution in [0.25, 0.3) is 0 Å². The van der Waals surface area contributed by atoms with Gasteiger partial charge in [-0.15, -0.1) is 0 Å². The molecule has 16 bridgehead atoms. The van der Waals surface area contributed by atoms with Crippen LogP contribution in [-0.2, 0) is 125 Å². The van der Waals surface area contributed by atoms with Gasteiger partial charge in [0.2, 0.25) is 0 Å². The van der Waals surface area contributed by atoms with Crippen LogP contribution in [0.4, 0.5) is 0 Å². The Morgan fingerprint density at radius 2 is 0.326 bits per heavy atom. The Balaban J connectivity index is 1.12. The quantitative estimate of drug-likeness (QED) is 0.0253. The van der Waals surface area contributed by atoms with Gasteiger partial charge in [0.1, 0.15) is 153 Å². The first kappa shape index (κ1) is 110. The van der Waals surface area contributed by atoms with Gasteiger partial charge in [-0.2, -0.15) is 82.3 Å². The summed E-state index contributed by atoms with van der Waals surface area (Å²) in [6.45, 7) is 0. The van der Waals surface area contributed by atoms with Crippen LogP contribution in [0.15, 0.2) is 0 Å². The Hall–Kier alpha value is -2.92. The smallest absolute Gasteiger partial charge is 0.304 e. The summed E-state index contributed by atoms with van der Waals surface area (Å²) in [7, 11) is -2.31. The van der Waals surface area contributed by atoms with Crippen LogP contribution in [0.2, 0.25) is 0 Å². The fourth-order valence-electron chi connectivity index (χ4n) is 14.8. The minimum atomic E-state index is -2.42. The van der Waals surface area contributed by atoms with Crippen molar-refractivity contribution in [1.82, 2.24) is 0 Å². The van der Waals surface area contributed by atoms with Gasteiger partial charge in [0.05, 0.1) is 99.8 Å². The predicted molar refractivity (Wildman–Crippen MR) is 442 cm³/mol. The van der Waals surface area contributed by atoms with Gasteiger partial charge in [-0.1, -0.05) is 0 Å². The standard InChI is InChI=1S/C72H112O49S8/c73-33(74)1-9-122-17-25-57-41(89)49(97)65(106-25)115-58-26(18-123-10-2-34(75)76)108-67(51(99)43(58)91)117-60-28(20-125-12-4-36(79)80)110-69(53(101)45(60)93)119-62-30(22-127-14-6-38(83)84)112-71(55(103)47(62)95)121-64-32(24-129(105)16-8-40(87)88)113-72(56(104)48(64)96)120-63-31(23-128-15-7-39(85)86)111-70(54(102)46(63)94)118-61-29(21-126-13-5-37(81)82)109-68(52(100)44(61)92)116-59-27(19-124-11-3-35(77)78)107-66(114-57)50(98)42(59)90/h25-32,41-72,89-104H,1-24H2,(H,73,74)(H,75,76)(H,77,78)(H,79,80)(H,81,82)(H,83,84)(H,85,86)(H,87,88)/t25-,26-,27-,28-,29-,30-,31-,32-,41-,42-,43-,44-,45-,46-,47-,48-,49-,50-,51-,52?,53-,54?,55-,56-,57-,58-,59-,60-,61-,62-,63-,64-,65-,66-,67-,68-,69-,70-,71-,72-,129?/m1/s1. The molecule has 0 aromatic rings. The molecule has 30 saturated heterocycles. The largest absolute Gasteiger partial charge is 0.481 e. The summed E-state index contributed by atoms with van der Waals surface area (Å²) in [6.07, 6.45) is -88.2.